The van der Waals surface area contributed by atoms with Crippen LogP contribution in [0.15, 0.2) is 24.3 Å². The summed E-state index contributed by atoms with van der Waals surface area (Å²) in [5.41, 5.74) is 1.51. The summed E-state index contributed by atoms with van der Waals surface area (Å²) >= 11 is 5.10. The molecule has 3 rings (SSSR count). The van der Waals surface area contributed by atoms with Gasteiger partial charge in [0.05, 0.1) is 5.69 Å². The molecule has 0 atom stereocenters. The first kappa shape index (κ1) is 18.7. The molecule has 0 spiro atoms. The second-order valence-electron chi connectivity index (χ2n) is 6.52. The first-order chi connectivity index (χ1) is 12.6. The third-order valence-electron chi connectivity index (χ3n) is 4.56. The average molecular weight is 376 g/mol. The summed E-state index contributed by atoms with van der Waals surface area (Å²) in [6, 6.07) is 7.43. The molecule has 1 aliphatic heterocycles. The van der Waals surface area contributed by atoms with Crippen LogP contribution < -0.4 is 5.32 Å². The number of piperidine rings is 1. The molecule has 1 fully saturated rings. The van der Waals surface area contributed by atoms with Crippen molar-refractivity contribution < 1.29 is 4.79 Å². The van der Waals surface area contributed by atoms with Gasteiger partial charge < -0.3 is 5.32 Å². The molecule has 1 aliphatic rings. The minimum atomic E-state index is 0.0144. The second-order valence-corrected chi connectivity index (χ2v) is 6.88. The summed E-state index contributed by atoms with van der Waals surface area (Å²) in [6.07, 6.45) is 5.17. The SMILES string of the molecule is CN(CCCC(=O)Nc1cccc(-n2[nH]nnc2=S)c1)N1CCCCC1. The van der Waals surface area contributed by atoms with E-state index < -0.39 is 0 Å². The summed E-state index contributed by atoms with van der Waals surface area (Å²) < 4.78 is 1.92. The van der Waals surface area contributed by atoms with Crippen LogP contribution in [0.1, 0.15) is 32.1 Å². The molecule has 26 heavy (non-hydrogen) atoms. The van der Waals surface area contributed by atoms with Crippen LogP contribution >= 0.6 is 12.2 Å². The number of carbonyl (C=O) groups excluding carboxylic acids is 1. The molecule has 8 nitrogen and oxygen atoms in total. The highest BCUT2D eigenvalue weighted by Crippen LogP contribution is 2.15. The fourth-order valence-electron chi connectivity index (χ4n) is 3.14. The molecular weight excluding hydrogens is 350 g/mol. The van der Waals surface area contributed by atoms with Crippen molar-refractivity contribution in [3.63, 3.8) is 0 Å². The molecule has 1 amide bonds. The highest BCUT2D eigenvalue weighted by Gasteiger charge is 2.14. The van der Waals surface area contributed by atoms with Gasteiger partial charge in [-0.1, -0.05) is 22.8 Å². The molecule has 0 radical (unpaired) electrons. The molecule has 2 heterocycles. The van der Waals surface area contributed by atoms with Gasteiger partial charge in [-0.15, -0.1) is 0 Å². The Hall–Kier alpha value is -2.10. The van der Waals surface area contributed by atoms with Gasteiger partial charge in [-0.25, -0.2) is 14.7 Å². The molecule has 9 heteroatoms. The number of tetrazole rings is 1. The van der Waals surface area contributed by atoms with Crippen LogP contribution in [0.25, 0.3) is 5.69 Å². The number of hydrogen-bond donors (Lipinski definition) is 2. The van der Waals surface area contributed by atoms with Gasteiger partial charge in [0.15, 0.2) is 0 Å². The zero-order valence-corrected chi connectivity index (χ0v) is 15.8. The molecule has 0 unspecified atom stereocenters. The molecule has 0 saturated carbocycles. The first-order valence-electron chi connectivity index (χ1n) is 9.00. The van der Waals surface area contributed by atoms with Crippen LogP contribution in [0.5, 0.6) is 0 Å². The van der Waals surface area contributed by atoms with E-state index in [-0.39, 0.29) is 5.91 Å². The van der Waals surface area contributed by atoms with Crippen LogP contribution in [-0.2, 0) is 4.79 Å². The predicted molar refractivity (Wildman–Crippen MR) is 102 cm³/mol. The lowest BCUT2D eigenvalue weighted by molar-refractivity contribution is -0.116. The Morgan fingerprint density at radius 1 is 1.35 bits per heavy atom. The lowest BCUT2D eigenvalue weighted by atomic mass is 10.2. The Labute approximate surface area is 158 Å². The summed E-state index contributed by atoms with van der Waals surface area (Å²) in [4.78, 5) is 12.2. The van der Waals surface area contributed by atoms with E-state index in [0.29, 0.717) is 11.2 Å². The normalized spacial score (nSPS) is 15.3. The fraction of sp³-hybridized carbons (Fsp3) is 0.529. The number of benzene rings is 1. The molecule has 1 aromatic carbocycles. The highest BCUT2D eigenvalue weighted by atomic mass is 32.1. The van der Waals surface area contributed by atoms with Crippen molar-refractivity contribution in [3.05, 3.63) is 29.0 Å². The molecule has 2 N–H and O–H groups in total. The molecule has 2 aromatic rings. The minimum Gasteiger partial charge on any atom is -0.326 e. The van der Waals surface area contributed by atoms with Crippen LogP contribution in [0, 0.1) is 4.77 Å². The van der Waals surface area contributed by atoms with Gasteiger partial charge >= 0.3 is 0 Å². The lowest BCUT2D eigenvalue weighted by Crippen LogP contribution is -2.43. The Kier molecular flexibility index (Phi) is 6.48. The third kappa shape index (κ3) is 4.96. The van der Waals surface area contributed by atoms with Crippen molar-refractivity contribution in [2.75, 3.05) is 32.0 Å². The Bertz CT molecular complexity index is 781. The number of H-pyrrole nitrogens is 1. The van der Waals surface area contributed by atoms with E-state index in [1.54, 1.807) is 4.68 Å². The zero-order chi connectivity index (χ0) is 18.4. The van der Waals surface area contributed by atoms with Crippen LogP contribution in [-0.4, -0.2) is 62.8 Å². The zero-order valence-electron chi connectivity index (χ0n) is 15.0. The number of aromatic amines is 1. The fourth-order valence-corrected chi connectivity index (χ4v) is 3.33. The number of anilines is 1. The Balaban J connectivity index is 1.47. The smallest absolute Gasteiger partial charge is 0.242 e. The molecule has 140 valence electrons. The van der Waals surface area contributed by atoms with Crippen molar-refractivity contribution in [1.82, 2.24) is 30.2 Å². The number of aromatic nitrogens is 4. The maximum Gasteiger partial charge on any atom is 0.242 e. The van der Waals surface area contributed by atoms with E-state index in [1.807, 2.05) is 24.3 Å². The van der Waals surface area contributed by atoms with E-state index in [4.69, 9.17) is 12.2 Å². The summed E-state index contributed by atoms with van der Waals surface area (Å²) in [6.45, 7) is 3.14. The maximum atomic E-state index is 12.2. The van der Waals surface area contributed by atoms with E-state index in [1.165, 1.54) is 19.3 Å². The van der Waals surface area contributed by atoms with E-state index in [0.717, 1.165) is 37.4 Å². The maximum absolute atomic E-state index is 12.2. The molecular formula is C17H25N7OS. The number of nitrogens with one attached hydrogen (secondary N) is 2. The molecule has 0 bridgehead atoms. The third-order valence-corrected chi connectivity index (χ3v) is 4.82. The van der Waals surface area contributed by atoms with Crippen molar-refractivity contribution in [2.45, 2.75) is 32.1 Å². The number of hydrogen-bond acceptors (Lipinski definition) is 6. The van der Waals surface area contributed by atoms with Gasteiger partial charge in [0.1, 0.15) is 0 Å². The lowest BCUT2D eigenvalue weighted by Gasteiger charge is -2.34. The highest BCUT2D eigenvalue weighted by molar-refractivity contribution is 7.71. The Morgan fingerprint density at radius 2 is 2.15 bits per heavy atom. The number of rotatable bonds is 7. The van der Waals surface area contributed by atoms with Crippen molar-refractivity contribution in [2.24, 2.45) is 0 Å². The van der Waals surface area contributed by atoms with Crippen LogP contribution in [0.2, 0.25) is 0 Å². The summed E-state index contributed by atoms with van der Waals surface area (Å²) in [7, 11) is 2.11. The minimum absolute atomic E-state index is 0.0144. The van der Waals surface area contributed by atoms with Crippen LogP contribution in [0.3, 0.4) is 0 Å². The van der Waals surface area contributed by atoms with Gasteiger partial charge in [-0.3, -0.25) is 4.79 Å². The quantitative estimate of drug-likeness (QED) is 0.723. The van der Waals surface area contributed by atoms with Crippen molar-refractivity contribution in [3.8, 4) is 5.69 Å². The van der Waals surface area contributed by atoms with E-state index in [2.05, 4.69) is 37.9 Å². The van der Waals surface area contributed by atoms with Gasteiger partial charge in [0.25, 0.3) is 0 Å². The number of hydrazine groups is 1. The van der Waals surface area contributed by atoms with Gasteiger partial charge in [-0.2, -0.15) is 5.21 Å². The van der Waals surface area contributed by atoms with Gasteiger partial charge in [0, 0.05) is 38.8 Å². The predicted octanol–water partition coefficient (Wildman–Crippen LogP) is 2.38. The number of carbonyl (C=O) groups is 1. The summed E-state index contributed by atoms with van der Waals surface area (Å²) in [5, 5.41) is 17.7. The Morgan fingerprint density at radius 3 is 2.88 bits per heavy atom. The first-order valence-corrected chi connectivity index (χ1v) is 9.41. The number of nitrogens with zero attached hydrogens (tertiary/aromatic N) is 5. The van der Waals surface area contributed by atoms with Crippen LogP contribution in [0.4, 0.5) is 5.69 Å². The molecule has 1 aromatic heterocycles. The average Bonchev–Trinajstić information content (AvgIpc) is 3.08. The second kappa shape index (κ2) is 9.02. The topological polar surface area (TPSA) is 82.1 Å². The van der Waals surface area contributed by atoms with Gasteiger partial charge in [-0.05, 0) is 49.7 Å². The summed E-state index contributed by atoms with van der Waals surface area (Å²) in [5.74, 6) is 0.0144. The van der Waals surface area contributed by atoms with Crippen molar-refractivity contribution in [1.29, 1.82) is 0 Å². The largest absolute Gasteiger partial charge is 0.326 e. The number of amides is 1. The monoisotopic (exact) mass is 375 g/mol. The van der Waals surface area contributed by atoms with E-state index >= 15 is 0 Å². The molecule has 0 aliphatic carbocycles. The standard InChI is InChI=1S/C17H25N7OS/c1-22(23-11-3-2-4-12-23)10-6-9-16(25)18-14-7-5-8-15(13-14)24-17(26)19-20-21-24/h5,7-8,13H,2-4,6,9-12H2,1H3,(H,18,25)(H,19,21,26). The van der Waals surface area contributed by atoms with E-state index in [9.17, 15) is 4.79 Å². The van der Waals surface area contributed by atoms with Crippen molar-refractivity contribution >= 4 is 23.8 Å². The van der Waals surface area contributed by atoms with Gasteiger partial charge in [0.2, 0.25) is 10.7 Å². The molecule has 1 saturated heterocycles.